The summed E-state index contributed by atoms with van der Waals surface area (Å²) in [6, 6.07) is 8.33. The van der Waals surface area contributed by atoms with Gasteiger partial charge in [-0.2, -0.15) is 5.26 Å². The maximum Gasteiger partial charge on any atom is 0.257 e. The minimum absolute atomic E-state index is 0.0210. The SMILES string of the molecule is CCC(O)(c1cc(F)c2c(c1)C(=O)N(Cc1ccc(C#N)cn1)C2OC1CC(O)C1)C1CCCCC1. The van der Waals surface area contributed by atoms with Gasteiger partial charge in [0.05, 0.1) is 41.2 Å². The Morgan fingerprint density at radius 1 is 1.25 bits per heavy atom. The molecule has 1 aromatic carbocycles. The molecule has 8 heteroatoms. The van der Waals surface area contributed by atoms with Gasteiger partial charge in [-0.1, -0.05) is 26.2 Å². The van der Waals surface area contributed by atoms with E-state index in [4.69, 9.17) is 10.00 Å². The number of ether oxygens (including phenoxy) is 1. The number of aromatic nitrogens is 1. The summed E-state index contributed by atoms with van der Waals surface area (Å²) in [6.45, 7) is 1.98. The summed E-state index contributed by atoms with van der Waals surface area (Å²) in [6.07, 6.45) is 6.00. The van der Waals surface area contributed by atoms with Gasteiger partial charge in [-0.3, -0.25) is 9.78 Å². The molecule has 5 rings (SSSR count). The number of amides is 1. The zero-order chi connectivity index (χ0) is 25.4. The van der Waals surface area contributed by atoms with Crippen molar-refractivity contribution in [1.82, 2.24) is 9.88 Å². The summed E-state index contributed by atoms with van der Waals surface area (Å²) in [4.78, 5) is 19.4. The number of rotatable bonds is 7. The van der Waals surface area contributed by atoms with E-state index >= 15 is 4.39 Å². The molecule has 0 radical (unpaired) electrons. The van der Waals surface area contributed by atoms with Crippen LogP contribution in [0.4, 0.5) is 4.39 Å². The van der Waals surface area contributed by atoms with Crippen LogP contribution in [0.3, 0.4) is 0 Å². The van der Waals surface area contributed by atoms with Gasteiger partial charge in [-0.25, -0.2) is 4.39 Å². The highest BCUT2D eigenvalue weighted by molar-refractivity contribution is 5.99. The molecule has 0 saturated heterocycles. The largest absolute Gasteiger partial charge is 0.393 e. The molecular formula is C28H32FN3O4. The number of fused-ring (bicyclic) bond motifs is 1. The van der Waals surface area contributed by atoms with E-state index in [2.05, 4.69) is 4.98 Å². The van der Waals surface area contributed by atoms with Gasteiger partial charge in [-0.05, 0) is 67.9 Å². The number of benzene rings is 1. The number of hydrogen-bond donors (Lipinski definition) is 2. The monoisotopic (exact) mass is 493 g/mol. The number of halogens is 1. The van der Waals surface area contributed by atoms with Crippen LogP contribution >= 0.6 is 0 Å². The number of aliphatic hydroxyl groups is 2. The quantitative estimate of drug-likeness (QED) is 0.590. The van der Waals surface area contributed by atoms with Crippen molar-refractivity contribution in [1.29, 1.82) is 5.26 Å². The lowest BCUT2D eigenvalue weighted by Crippen LogP contribution is -2.39. The number of pyridine rings is 1. The van der Waals surface area contributed by atoms with E-state index in [0.29, 0.717) is 36.1 Å². The average molecular weight is 494 g/mol. The molecule has 2 atom stereocenters. The first-order valence-electron chi connectivity index (χ1n) is 12.9. The number of aliphatic hydroxyl groups excluding tert-OH is 1. The van der Waals surface area contributed by atoms with Crippen LogP contribution in [0.5, 0.6) is 0 Å². The summed E-state index contributed by atoms with van der Waals surface area (Å²) >= 11 is 0. The molecule has 2 N–H and O–H groups in total. The van der Waals surface area contributed by atoms with Gasteiger partial charge in [0.1, 0.15) is 11.9 Å². The van der Waals surface area contributed by atoms with Gasteiger partial charge in [-0.15, -0.1) is 0 Å². The Kier molecular flexibility index (Phi) is 6.82. The Labute approximate surface area is 210 Å². The number of hydrogen-bond acceptors (Lipinski definition) is 6. The normalized spacial score (nSPS) is 25.7. The van der Waals surface area contributed by atoms with Crippen LogP contribution < -0.4 is 0 Å². The zero-order valence-electron chi connectivity index (χ0n) is 20.5. The molecule has 3 aliphatic rings. The molecule has 0 bridgehead atoms. The van der Waals surface area contributed by atoms with Gasteiger partial charge in [0, 0.05) is 11.8 Å². The van der Waals surface area contributed by atoms with Crippen molar-refractivity contribution in [3.63, 3.8) is 0 Å². The molecule has 0 spiro atoms. The minimum atomic E-state index is -1.20. The van der Waals surface area contributed by atoms with Crippen molar-refractivity contribution < 1.29 is 24.1 Å². The van der Waals surface area contributed by atoms with Crippen LogP contribution in [0.1, 0.15) is 97.3 Å². The Balaban J connectivity index is 1.51. The maximum absolute atomic E-state index is 15.8. The van der Waals surface area contributed by atoms with Gasteiger partial charge >= 0.3 is 0 Å². The topological polar surface area (TPSA) is 107 Å². The van der Waals surface area contributed by atoms with Crippen LogP contribution in [0, 0.1) is 23.1 Å². The lowest BCUT2D eigenvalue weighted by atomic mass is 9.71. The smallest absolute Gasteiger partial charge is 0.257 e. The lowest BCUT2D eigenvalue weighted by Gasteiger charge is -2.38. The number of carbonyl (C=O) groups is 1. The van der Waals surface area contributed by atoms with Crippen molar-refractivity contribution in [3.8, 4) is 6.07 Å². The highest BCUT2D eigenvalue weighted by Crippen LogP contribution is 2.46. The van der Waals surface area contributed by atoms with E-state index in [0.717, 1.165) is 32.1 Å². The summed E-state index contributed by atoms with van der Waals surface area (Å²) in [5.74, 6) is -0.935. The van der Waals surface area contributed by atoms with Crippen LogP contribution in [0.15, 0.2) is 30.5 Å². The first kappa shape index (κ1) is 24.8. The molecule has 190 valence electrons. The van der Waals surface area contributed by atoms with E-state index in [1.807, 2.05) is 13.0 Å². The summed E-state index contributed by atoms with van der Waals surface area (Å²) in [7, 11) is 0. The predicted octanol–water partition coefficient (Wildman–Crippen LogP) is 4.46. The zero-order valence-corrected chi connectivity index (χ0v) is 20.5. The van der Waals surface area contributed by atoms with Crippen LogP contribution in [0.25, 0.3) is 0 Å². The fraction of sp³-hybridized carbons (Fsp3) is 0.536. The minimum Gasteiger partial charge on any atom is -0.393 e. The van der Waals surface area contributed by atoms with Crippen molar-refractivity contribution in [2.45, 2.75) is 88.9 Å². The standard InChI is InChI=1S/C28H32FN3O4/c1-2-28(35,18-6-4-3-5-7-18)19-10-23-25(24(29)11-19)27(36-22-12-21(33)13-22)32(26(23)34)16-20-9-8-17(14-30)15-31-20/h8-11,15,18,21-22,27,33,35H,2-7,12-13,16H2,1H3. The number of nitrogens with zero attached hydrogens (tertiary/aromatic N) is 3. The Bertz CT molecular complexity index is 1170. The van der Waals surface area contributed by atoms with E-state index in [1.54, 1.807) is 18.2 Å². The highest BCUT2D eigenvalue weighted by Gasteiger charge is 2.45. The van der Waals surface area contributed by atoms with Gasteiger partial charge in [0.25, 0.3) is 5.91 Å². The molecule has 2 aliphatic carbocycles. The lowest BCUT2D eigenvalue weighted by molar-refractivity contribution is -0.144. The Hall–Kier alpha value is -2.86. The van der Waals surface area contributed by atoms with E-state index in [9.17, 15) is 15.0 Å². The average Bonchev–Trinajstić information content (AvgIpc) is 3.14. The van der Waals surface area contributed by atoms with Crippen molar-refractivity contribution in [2.75, 3.05) is 0 Å². The number of nitriles is 1. The maximum atomic E-state index is 15.8. The second kappa shape index (κ2) is 9.89. The fourth-order valence-corrected chi connectivity index (χ4v) is 5.91. The first-order valence-corrected chi connectivity index (χ1v) is 12.9. The third-order valence-electron chi connectivity index (χ3n) is 8.15. The molecule has 7 nitrogen and oxygen atoms in total. The van der Waals surface area contributed by atoms with E-state index in [1.165, 1.54) is 17.2 Å². The second-order valence-electron chi connectivity index (χ2n) is 10.4. The first-order chi connectivity index (χ1) is 17.3. The molecule has 2 fully saturated rings. The van der Waals surface area contributed by atoms with Gasteiger partial charge in [0.15, 0.2) is 6.23 Å². The van der Waals surface area contributed by atoms with Gasteiger partial charge in [0.2, 0.25) is 0 Å². The fourth-order valence-electron chi connectivity index (χ4n) is 5.91. The van der Waals surface area contributed by atoms with Crippen molar-refractivity contribution in [2.24, 2.45) is 5.92 Å². The molecule has 2 unspecified atom stereocenters. The van der Waals surface area contributed by atoms with Crippen LogP contribution in [-0.2, 0) is 16.9 Å². The second-order valence-corrected chi connectivity index (χ2v) is 10.4. The molecule has 1 aliphatic heterocycles. The molecular weight excluding hydrogens is 461 g/mol. The van der Waals surface area contributed by atoms with E-state index < -0.39 is 23.8 Å². The third kappa shape index (κ3) is 4.40. The summed E-state index contributed by atoms with van der Waals surface area (Å²) in [5, 5.41) is 30.5. The third-order valence-corrected chi connectivity index (χ3v) is 8.15. The van der Waals surface area contributed by atoms with E-state index in [-0.39, 0.29) is 35.6 Å². The summed E-state index contributed by atoms with van der Waals surface area (Å²) in [5.41, 5.74) is 0.561. The molecule has 36 heavy (non-hydrogen) atoms. The molecule has 2 heterocycles. The Morgan fingerprint density at radius 3 is 2.61 bits per heavy atom. The molecule has 2 saturated carbocycles. The molecule has 1 amide bonds. The van der Waals surface area contributed by atoms with Crippen molar-refractivity contribution in [3.05, 3.63) is 64.2 Å². The summed E-state index contributed by atoms with van der Waals surface area (Å²) < 4.78 is 22.0. The Morgan fingerprint density at radius 2 is 2.00 bits per heavy atom. The predicted molar refractivity (Wildman–Crippen MR) is 129 cm³/mol. The highest BCUT2D eigenvalue weighted by atomic mass is 19.1. The molecule has 2 aromatic rings. The van der Waals surface area contributed by atoms with Crippen LogP contribution in [0.2, 0.25) is 0 Å². The number of carbonyl (C=O) groups excluding carboxylic acids is 1. The van der Waals surface area contributed by atoms with Crippen LogP contribution in [-0.4, -0.2) is 38.2 Å². The van der Waals surface area contributed by atoms with Gasteiger partial charge < -0.3 is 19.8 Å². The van der Waals surface area contributed by atoms with Crippen molar-refractivity contribution >= 4 is 5.91 Å². The molecule has 1 aromatic heterocycles.